The van der Waals surface area contributed by atoms with E-state index < -0.39 is 15.4 Å². The van der Waals surface area contributed by atoms with Crippen molar-refractivity contribution in [1.29, 1.82) is 0 Å². The molecule has 1 N–H and O–H groups in total. The summed E-state index contributed by atoms with van der Waals surface area (Å²) in [5.41, 5.74) is 1.81. The molecule has 1 aromatic rings. The first-order chi connectivity index (χ1) is 7.36. The van der Waals surface area contributed by atoms with Crippen LogP contribution in [0.1, 0.15) is 49.5 Å². The molecule has 0 fully saturated rings. The van der Waals surface area contributed by atoms with Crippen LogP contribution in [0.25, 0.3) is 0 Å². The molecule has 0 aliphatic rings. The molecule has 0 radical (unpaired) electrons. The molecule has 0 aliphatic carbocycles. The number of rotatable bonds is 4. The average Bonchev–Trinajstić information content (AvgIpc) is 2.17. The summed E-state index contributed by atoms with van der Waals surface area (Å²) >= 11 is 0. The summed E-state index contributed by atoms with van der Waals surface area (Å²) < 4.78 is 31.4. The van der Waals surface area contributed by atoms with E-state index in [1.54, 1.807) is 19.1 Å². The van der Waals surface area contributed by atoms with E-state index in [1.807, 2.05) is 12.1 Å². The third kappa shape index (κ3) is 3.06. The number of hydrogen-bond acceptors (Lipinski definition) is 2. The lowest BCUT2D eigenvalue weighted by Crippen LogP contribution is -2.11. The molecule has 0 amide bonds. The molecule has 1 aromatic carbocycles. The molecule has 90 valence electrons. The first-order valence-electron chi connectivity index (χ1n) is 5.42. The van der Waals surface area contributed by atoms with Crippen molar-refractivity contribution >= 4 is 10.1 Å². The van der Waals surface area contributed by atoms with E-state index in [1.165, 1.54) is 0 Å². The van der Waals surface area contributed by atoms with Gasteiger partial charge in [-0.1, -0.05) is 45.0 Å². The molecule has 3 nitrogen and oxygen atoms in total. The maximum absolute atomic E-state index is 11.1. The predicted molar refractivity (Wildman–Crippen MR) is 65.1 cm³/mol. The molecule has 16 heavy (non-hydrogen) atoms. The lowest BCUT2D eigenvalue weighted by Gasteiger charge is -2.13. The molecule has 0 aromatic heterocycles. The first kappa shape index (κ1) is 13.2. The third-order valence-corrected chi connectivity index (χ3v) is 4.03. The highest BCUT2D eigenvalue weighted by Gasteiger charge is 2.22. The van der Waals surface area contributed by atoms with Crippen molar-refractivity contribution in [3.63, 3.8) is 0 Å². The highest BCUT2D eigenvalue weighted by atomic mass is 32.2. The largest absolute Gasteiger partial charge is 0.285 e. The Morgan fingerprint density at radius 1 is 1.12 bits per heavy atom. The van der Waals surface area contributed by atoms with Gasteiger partial charge in [0, 0.05) is 0 Å². The van der Waals surface area contributed by atoms with Crippen LogP contribution in [-0.4, -0.2) is 13.0 Å². The van der Waals surface area contributed by atoms with Crippen LogP contribution >= 0.6 is 0 Å². The normalized spacial score (nSPS) is 14.1. The first-order valence-corrected chi connectivity index (χ1v) is 6.92. The van der Waals surface area contributed by atoms with E-state index in [4.69, 9.17) is 4.55 Å². The smallest absolute Gasteiger partial charge is 0.271 e. The second-order valence-electron chi connectivity index (χ2n) is 4.23. The van der Waals surface area contributed by atoms with E-state index in [-0.39, 0.29) is 0 Å². The van der Waals surface area contributed by atoms with Crippen LogP contribution in [0.2, 0.25) is 0 Å². The van der Waals surface area contributed by atoms with Gasteiger partial charge in [-0.2, -0.15) is 8.42 Å². The molecule has 0 saturated carbocycles. The number of hydrogen-bond donors (Lipinski definition) is 1. The van der Waals surface area contributed by atoms with Gasteiger partial charge in [0.2, 0.25) is 0 Å². The van der Waals surface area contributed by atoms with Gasteiger partial charge in [-0.05, 0) is 23.5 Å². The summed E-state index contributed by atoms with van der Waals surface area (Å²) in [6, 6.07) is 7.37. The Morgan fingerprint density at radius 2 is 1.56 bits per heavy atom. The van der Waals surface area contributed by atoms with Gasteiger partial charge in [0.1, 0.15) is 5.25 Å². The fraction of sp³-hybridized carbons (Fsp3) is 0.500. The summed E-state index contributed by atoms with van der Waals surface area (Å²) in [7, 11) is -4.00. The van der Waals surface area contributed by atoms with Crippen LogP contribution in [0.4, 0.5) is 0 Å². The highest BCUT2D eigenvalue weighted by Crippen LogP contribution is 2.26. The summed E-state index contributed by atoms with van der Waals surface area (Å²) in [5, 5.41) is -0.811. The second kappa shape index (κ2) is 4.97. The SMILES string of the molecule is CCC(c1ccc(C(C)C)cc1)S(=O)(=O)O. The van der Waals surface area contributed by atoms with E-state index in [2.05, 4.69) is 13.8 Å². The average molecular weight is 242 g/mol. The maximum atomic E-state index is 11.1. The van der Waals surface area contributed by atoms with Crippen LogP contribution in [0.15, 0.2) is 24.3 Å². The van der Waals surface area contributed by atoms with Crippen molar-refractivity contribution in [2.24, 2.45) is 0 Å². The van der Waals surface area contributed by atoms with Crippen LogP contribution in [0.5, 0.6) is 0 Å². The highest BCUT2D eigenvalue weighted by molar-refractivity contribution is 7.86. The molecule has 1 rings (SSSR count). The molecule has 1 unspecified atom stereocenters. The van der Waals surface area contributed by atoms with E-state index in [9.17, 15) is 8.42 Å². The van der Waals surface area contributed by atoms with Crippen LogP contribution in [-0.2, 0) is 10.1 Å². The molecule has 0 spiro atoms. The van der Waals surface area contributed by atoms with Crippen molar-refractivity contribution in [1.82, 2.24) is 0 Å². The van der Waals surface area contributed by atoms with Gasteiger partial charge >= 0.3 is 0 Å². The Morgan fingerprint density at radius 3 is 1.88 bits per heavy atom. The van der Waals surface area contributed by atoms with Gasteiger partial charge in [-0.25, -0.2) is 0 Å². The molecular formula is C12H18O3S. The Balaban J connectivity index is 3.05. The zero-order valence-corrected chi connectivity index (χ0v) is 10.7. The van der Waals surface area contributed by atoms with E-state index >= 15 is 0 Å². The lowest BCUT2D eigenvalue weighted by molar-refractivity contribution is 0.466. The molecule has 0 bridgehead atoms. The van der Waals surface area contributed by atoms with E-state index in [0.717, 1.165) is 5.56 Å². The van der Waals surface area contributed by atoms with Crippen molar-refractivity contribution in [3.8, 4) is 0 Å². The minimum absolute atomic E-state index is 0.375. The van der Waals surface area contributed by atoms with Gasteiger partial charge in [0.25, 0.3) is 10.1 Å². The standard InChI is InChI=1S/C12H18O3S/c1-4-12(16(13,14)15)11-7-5-10(6-8-11)9(2)3/h5-9,12H,4H2,1-3H3,(H,13,14,15). The molecule has 1 atom stereocenters. The van der Waals surface area contributed by atoms with Crippen LogP contribution in [0.3, 0.4) is 0 Å². The molecular weight excluding hydrogens is 224 g/mol. The Bertz CT molecular complexity index is 432. The van der Waals surface area contributed by atoms with Gasteiger partial charge in [0.05, 0.1) is 0 Å². The van der Waals surface area contributed by atoms with Gasteiger partial charge in [-0.15, -0.1) is 0 Å². The Kier molecular flexibility index (Phi) is 4.10. The zero-order chi connectivity index (χ0) is 12.3. The minimum atomic E-state index is -4.00. The predicted octanol–water partition coefficient (Wildman–Crippen LogP) is 3.15. The van der Waals surface area contributed by atoms with Crippen molar-refractivity contribution < 1.29 is 13.0 Å². The maximum Gasteiger partial charge on any atom is 0.271 e. The second-order valence-corrected chi connectivity index (χ2v) is 5.83. The zero-order valence-electron chi connectivity index (χ0n) is 9.84. The monoisotopic (exact) mass is 242 g/mol. The third-order valence-electron chi connectivity index (χ3n) is 2.71. The van der Waals surface area contributed by atoms with Crippen LogP contribution in [0, 0.1) is 0 Å². The topological polar surface area (TPSA) is 54.4 Å². The summed E-state index contributed by atoms with van der Waals surface area (Å²) in [5.74, 6) is 0.417. The van der Waals surface area contributed by atoms with Gasteiger partial charge in [0.15, 0.2) is 0 Å². The minimum Gasteiger partial charge on any atom is -0.285 e. The molecule has 0 heterocycles. The fourth-order valence-corrected chi connectivity index (χ4v) is 2.64. The summed E-state index contributed by atoms with van der Waals surface area (Å²) in [6.07, 6.45) is 0.375. The molecule has 0 saturated heterocycles. The Labute approximate surface area is 97.2 Å². The molecule has 0 aliphatic heterocycles. The van der Waals surface area contributed by atoms with E-state index in [0.29, 0.717) is 17.9 Å². The quantitative estimate of drug-likeness (QED) is 0.825. The lowest BCUT2D eigenvalue weighted by atomic mass is 10.0. The van der Waals surface area contributed by atoms with Crippen LogP contribution < -0.4 is 0 Å². The summed E-state index contributed by atoms with van der Waals surface area (Å²) in [4.78, 5) is 0. The molecule has 4 heteroatoms. The fourth-order valence-electron chi connectivity index (χ4n) is 1.71. The Hall–Kier alpha value is -0.870. The van der Waals surface area contributed by atoms with Crippen molar-refractivity contribution in [3.05, 3.63) is 35.4 Å². The van der Waals surface area contributed by atoms with Crippen molar-refractivity contribution in [2.75, 3.05) is 0 Å². The van der Waals surface area contributed by atoms with Gasteiger partial charge in [-0.3, -0.25) is 4.55 Å². The summed E-state index contributed by atoms with van der Waals surface area (Å²) in [6.45, 7) is 5.90. The number of benzene rings is 1. The van der Waals surface area contributed by atoms with Gasteiger partial charge < -0.3 is 0 Å². The van der Waals surface area contributed by atoms with Crippen molar-refractivity contribution in [2.45, 2.75) is 38.4 Å².